The number of likely N-dealkylation sites (tertiary alicyclic amines) is 1. The van der Waals surface area contributed by atoms with Gasteiger partial charge in [0, 0.05) is 24.6 Å². The minimum atomic E-state index is -0.801. The van der Waals surface area contributed by atoms with Crippen LogP contribution in [0.15, 0.2) is 54.6 Å². The molecular weight excluding hydrogens is 314 g/mol. The largest absolute Gasteiger partial charge is 0.481 e. The van der Waals surface area contributed by atoms with Gasteiger partial charge in [-0.25, -0.2) is 0 Å². The van der Waals surface area contributed by atoms with Gasteiger partial charge in [-0.3, -0.25) is 9.59 Å². The molecule has 1 saturated heterocycles. The molecule has 1 aliphatic heterocycles. The van der Waals surface area contributed by atoms with Crippen LogP contribution in [-0.4, -0.2) is 34.5 Å². The number of benzene rings is 2. The van der Waals surface area contributed by atoms with Gasteiger partial charge in [0.25, 0.3) is 5.91 Å². The molecule has 0 radical (unpaired) electrons. The third-order valence-electron chi connectivity index (χ3n) is 4.82. The Labute approximate surface area is 148 Å². The third-order valence-corrected chi connectivity index (χ3v) is 4.82. The molecule has 1 N–H and O–H groups in total. The van der Waals surface area contributed by atoms with Gasteiger partial charge in [-0.05, 0) is 48.9 Å². The van der Waals surface area contributed by atoms with E-state index < -0.39 is 5.97 Å². The average Bonchev–Trinajstić information content (AvgIpc) is 2.67. The van der Waals surface area contributed by atoms with Crippen LogP contribution in [0.1, 0.15) is 42.5 Å². The van der Waals surface area contributed by atoms with Crippen molar-refractivity contribution in [2.75, 3.05) is 6.54 Å². The molecular formula is C21H23NO3. The van der Waals surface area contributed by atoms with E-state index in [9.17, 15) is 9.59 Å². The molecule has 130 valence electrons. The zero-order valence-electron chi connectivity index (χ0n) is 14.2. The van der Waals surface area contributed by atoms with Crippen molar-refractivity contribution in [3.8, 4) is 11.1 Å². The fraction of sp³-hybridized carbons (Fsp3) is 0.333. The van der Waals surface area contributed by atoms with Crippen LogP contribution in [0.2, 0.25) is 0 Å². The highest BCUT2D eigenvalue weighted by atomic mass is 16.4. The van der Waals surface area contributed by atoms with Crippen molar-refractivity contribution in [1.29, 1.82) is 0 Å². The van der Waals surface area contributed by atoms with Crippen LogP contribution in [0.4, 0.5) is 0 Å². The SMILES string of the molecule is O=C(O)CCC1CCCCN1C(=O)c1ccc(-c2ccccc2)cc1. The van der Waals surface area contributed by atoms with Crippen LogP contribution < -0.4 is 0 Å². The van der Waals surface area contributed by atoms with Crippen LogP contribution in [0.3, 0.4) is 0 Å². The molecule has 1 aliphatic rings. The molecule has 0 aliphatic carbocycles. The predicted octanol–water partition coefficient (Wildman–Crippen LogP) is 4.21. The van der Waals surface area contributed by atoms with E-state index in [4.69, 9.17) is 5.11 Å². The molecule has 1 unspecified atom stereocenters. The average molecular weight is 337 g/mol. The number of aliphatic carboxylic acids is 1. The second-order valence-corrected chi connectivity index (χ2v) is 6.52. The van der Waals surface area contributed by atoms with Crippen molar-refractivity contribution < 1.29 is 14.7 Å². The number of carboxylic acid groups (broad SMARTS) is 1. The lowest BCUT2D eigenvalue weighted by Crippen LogP contribution is -2.43. The first-order valence-corrected chi connectivity index (χ1v) is 8.83. The van der Waals surface area contributed by atoms with Gasteiger partial charge in [-0.15, -0.1) is 0 Å². The van der Waals surface area contributed by atoms with Gasteiger partial charge < -0.3 is 10.0 Å². The van der Waals surface area contributed by atoms with Crippen LogP contribution in [-0.2, 0) is 4.79 Å². The van der Waals surface area contributed by atoms with Crippen LogP contribution in [0.5, 0.6) is 0 Å². The molecule has 1 heterocycles. The molecule has 2 aromatic carbocycles. The number of carboxylic acids is 1. The number of hydrogen-bond acceptors (Lipinski definition) is 2. The smallest absolute Gasteiger partial charge is 0.303 e. The highest BCUT2D eigenvalue weighted by molar-refractivity contribution is 5.95. The van der Waals surface area contributed by atoms with Gasteiger partial charge in [0.2, 0.25) is 0 Å². The maximum absolute atomic E-state index is 12.9. The van der Waals surface area contributed by atoms with Gasteiger partial charge in [-0.1, -0.05) is 42.5 Å². The van der Waals surface area contributed by atoms with E-state index in [-0.39, 0.29) is 18.4 Å². The molecule has 3 rings (SSSR count). The second kappa shape index (κ2) is 7.97. The van der Waals surface area contributed by atoms with E-state index in [1.54, 1.807) is 0 Å². The van der Waals surface area contributed by atoms with Gasteiger partial charge in [-0.2, -0.15) is 0 Å². The summed E-state index contributed by atoms with van der Waals surface area (Å²) in [6.07, 6.45) is 3.57. The lowest BCUT2D eigenvalue weighted by atomic mass is 9.96. The number of carbonyl (C=O) groups excluding carboxylic acids is 1. The monoisotopic (exact) mass is 337 g/mol. The summed E-state index contributed by atoms with van der Waals surface area (Å²) in [6.45, 7) is 0.712. The fourth-order valence-electron chi connectivity index (χ4n) is 3.46. The Bertz CT molecular complexity index is 725. The first-order chi connectivity index (χ1) is 12.1. The van der Waals surface area contributed by atoms with Gasteiger partial charge in [0.05, 0.1) is 0 Å². The molecule has 0 spiro atoms. The number of amides is 1. The van der Waals surface area contributed by atoms with Crippen molar-refractivity contribution in [1.82, 2.24) is 4.90 Å². The minimum absolute atomic E-state index is 0.00898. The minimum Gasteiger partial charge on any atom is -0.481 e. The summed E-state index contributed by atoms with van der Waals surface area (Å²) in [7, 11) is 0. The molecule has 25 heavy (non-hydrogen) atoms. The summed E-state index contributed by atoms with van der Waals surface area (Å²) >= 11 is 0. The van der Waals surface area contributed by atoms with Crippen molar-refractivity contribution in [2.24, 2.45) is 0 Å². The van der Waals surface area contributed by atoms with E-state index in [0.717, 1.165) is 30.4 Å². The summed E-state index contributed by atoms with van der Waals surface area (Å²) in [6, 6.07) is 17.8. The molecule has 0 aromatic heterocycles. The molecule has 1 atom stereocenters. The number of nitrogens with zero attached hydrogens (tertiary/aromatic N) is 1. The first kappa shape index (κ1) is 17.2. The zero-order valence-corrected chi connectivity index (χ0v) is 14.2. The Morgan fingerprint density at radius 1 is 0.960 bits per heavy atom. The molecule has 0 bridgehead atoms. The van der Waals surface area contributed by atoms with Crippen LogP contribution >= 0.6 is 0 Å². The lowest BCUT2D eigenvalue weighted by molar-refractivity contribution is -0.137. The highest BCUT2D eigenvalue weighted by Crippen LogP contribution is 2.24. The fourth-order valence-corrected chi connectivity index (χ4v) is 3.46. The Hall–Kier alpha value is -2.62. The summed E-state index contributed by atoms with van der Waals surface area (Å²) in [5.74, 6) is -0.792. The molecule has 1 amide bonds. The standard InChI is InChI=1S/C21H23NO3/c23-20(24)14-13-19-8-4-5-15-22(19)21(25)18-11-9-17(10-12-18)16-6-2-1-3-7-16/h1-3,6-7,9-12,19H,4-5,8,13-15H2,(H,23,24). The highest BCUT2D eigenvalue weighted by Gasteiger charge is 2.27. The van der Waals surface area contributed by atoms with Crippen LogP contribution in [0, 0.1) is 0 Å². The molecule has 0 saturated carbocycles. The Morgan fingerprint density at radius 2 is 1.64 bits per heavy atom. The Balaban J connectivity index is 1.73. The molecule has 4 heteroatoms. The van der Waals surface area contributed by atoms with E-state index >= 15 is 0 Å². The van der Waals surface area contributed by atoms with Gasteiger partial charge in [0.1, 0.15) is 0 Å². The van der Waals surface area contributed by atoms with E-state index in [1.807, 2.05) is 59.5 Å². The van der Waals surface area contributed by atoms with Crippen molar-refractivity contribution in [2.45, 2.75) is 38.1 Å². The maximum atomic E-state index is 12.9. The molecule has 2 aromatic rings. The van der Waals surface area contributed by atoms with Crippen molar-refractivity contribution >= 4 is 11.9 Å². The Morgan fingerprint density at radius 3 is 2.32 bits per heavy atom. The summed E-state index contributed by atoms with van der Waals surface area (Å²) in [5, 5.41) is 8.92. The number of piperidine rings is 1. The normalized spacial score (nSPS) is 17.3. The molecule has 1 fully saturated rings. The lowest BCUT2D eigenvalue weighted by Gasteiger charge is -2.35. The zero-order chi connectivity index (χ0) is 17.6. The summed E-state index contributed by atoms with van der Waals surface area (Å²) in [4.78, 5) is 25.6. The number of rotatable bonds is 5. The van der Waals surface area contributed by atoms with Crippen LogP contribution in [0.25, 0.3) is 11.1 Å². The van der Waals surface area contributed by atoms with Crippen molar-refractivity contribution in [3.05, 3.63) is 60.2 Å². The van der Waals surface area contributed by atoms with E-state index in [1.165, 1.54) is 0 Å². The van der Waals surface area contributed by atoms with Gasteiger partial charge >= 0.3 is 5.97 Å². The second-order valence-electron chi connectivity index (χ2n) is 6.52. The summed E-state index contributed by atoms with van der Waals surface area (Å²) < 4.78 is 0. The third kappa shape index (κ3) is 4.27. The predicted molar refractivity (Wildman–Crippen MR) is 97.4 cm³/mol. The maximum Gasteiger partial charge on any atom is 0.303 e. The van der Waals surface area contributed by atoms with Gasteiger partial charge in [0.15, 0.2) is 0 Å². The van der Waals surface area contributed by atoms with Crippen molar-refractivity contribution in [3.63, 3.8) is 0 Å². The topological polar surface area (TPSA) is 57.6 Å². The Kier molecular flexibility index (Phi) is 5.49. The quantitative estimate of drug-likeness (QED) is 0.889. The molecule has 4 nitrogen and oxygen atoms in total. The van der Waals surface area contributed by atoms with E-state index in [2.05, 4.69) is 0 Å². The first-order valence-electron chi connectivity index (χ1n) is 8.83. The van der Waals surface area contributed by atoms with E-state index in [0.29, 0.717) is 18.5 Å². The summed E-state index contributed by atoms with van der Waals surface area (Å²) in [5.41, 5.74) is 2.87. The number of carbonyl (C=O) groups is 2. The number of hydrogen-bond donors (Lipinski definition) is 1.